The molecular formula is C24H24ClN7O2S. The van der Waals surface area contributed by atoms with Gasteiger partial charge in [0.05, 0.1) is 25.1 Å². The molecule has 0 saturated carbocycles. The molecule has 1 atom stereocenters. The summed E-state index contributed by atoms with van der Waals surface area (Å²) in [5.41, 5.74) is 2.90. The van der Waals surface area contributed by atoms with Gasteiger partial charge in [-0.05, 0) is 37.8 Å². The van der Waals surface area contributed by atoms with E-state index in [1.807, 2.05) is 13.0 Å². The van der Waals surface area contributed by atoms with E-state index in [1.54, 1.807) is 19.4 Å². The largest absolute Gasteiger partial charge is 0.494 e. The lowest BCUT2D eigenvalue weighted by molar-refractivity contribution is 0.102. The molecular weight excluding hydrogens is 486 g/mol. The lowest BCUT2D eigenvalue weighted by Gasteiger charge is -2.31. The fourth-order valence-corrected chi connectivity index (χ4v) is 5.18. The molecule has 1 saturated heterocycles. The first kappa shape index (κ1) is 23.4. The first-order chi connectivity index (χ1) is 16.9. The van der Waals surface area contributed by atoms with Crippen molar-refractivity contribution in [3.8, 4) is 16.9 Å². The molecule has 0 unspecified atom stereocenters. The van der Waals surface area contributed by atoms with Crippen LogP contribution in [0.4, 0.5) is 10.9 Å². The van der Waals surface area contributed by atoms with E-state index in [0.717, 1.165) is 31.0 Å². The number of halogens is 1. The molecule has 4 aromatic heterocycles. The molecule has 1 aliphatic rings. The van der Waals surface area contributed by atoms with E-state index in [1.165, 1.54) is 30.2 Å². The van der Waals surface area contributed by atoms with Crippen LogP contribution in [0.3, 0.4) is 0 Å². The number of fused-ring (bicyclic) bond motifs is 1. The number of carbonyl (C=O) groups excluding carboxylic acids is 1. The number of nitrogens with one attached hydrogen (secondary N) is 1. The smallest absolute Gasteiger partial charge is 0.259 e. The van der Waals surface area contributed by atoms with Crippen molar-refractivity contribution in [2.24, 2.45) is 5.92 Å². The summed E-state index contributed by atoms with van der Waals surface area (Å²) < 4.78 is 5.45. The number of anilines is 2. The topological polar surface area (TPSA) is 106 Å². The second-order valence-corrected chi connectivity index (χ2v) is 9.97. The van der Waals surface area contributed by atoms with Crippen molar-refractivity contribution in [1.82, 2.24) is 24.9 Å². The number of aromatic nitrogens is 5. The molecule has 0 radical (unpaired) electrons. The van der Waals surface area contributed by atoms with E-state index in [4.69, 9.17) is 21.3 Å². The van der Waals surface area contributed by atoms with E-state index < -0.39 is 0 Å². The number of pyridine rings is 2. The Morgan fingerprint density at radius 2 is 2.03 bits per heavy atom. The van der Waals surface area contributed by atoms with E-state index in [-0.39, 0.29) is 5.91 Å². The molecule has 0 aromatic carbocycles. The van der Waals surface area contributed by atoms with Crippen molar-refractivity contribution >= 4 is 50.3 Å². The van der Waals surface area contributed by atoms with Crippen molar-refractivity contribution in [2.75, 3.05) is 30.4 Å². The molecule has 35 heavy (non-hydrogen) atoms. The van der Waals surface area contributed by atoms with Crippen molar-refractivity contribution in [3.63, 3.8) is 0 Å². The van der Waals surface area contributed by atoms with Crippen molar-refractivity contribution in [2.45, 2.75) is 26.7 Å². The second kappa shape index (κ2) is 9.71. The molecule has 1 amide bonds. The van der Waals surface area contributed by atoms with Crippen LogP contribution in [-0.2, 0) is 0 Å². The number of rotatable bonds is 5. The predicted molar refractivity (Wildman–Crippen MR) is 138 cm³/mol. The molecule has 5 heterocycles. The van der Waals surface area contributed by atoms with Crippen LogP contribution in [0, 0.1) is 12.8 Å². The van der Waals surface area contributed by atoms with E-state index in [0.29, 0.717) is 49.1 Å². The summed E-state index contributed by atoms with van der Waals surface area (Å²) in [5, 5.41) is 3.59. The van der Waals surface area contributed by atoms with Crippen LogP contribution in [0.25, 0.3) is 21.6 Å². The van der Waals surface area contributed by atoms with Gasteiger partial charge in [-0.3, -0.25) is 15.1 Å². The van der Waals surface area contributed by atoms with Gasteiger partial charge in [0.15, 0.2) is 15.6 Å². The molecule has 9 nitrogen and oxygen atoms in total. The van der Waals surface area contributed by atoms with Gasteiger partial charge in [-0.15, -0.1) is 0 Å². The van der Waals surface area contributed by atoms with E-state index >= 15 is 0 Å². The summed E-state index contributed by atoms with van der Waals surface area (Å²) >= 11 is 7.43. The number of aryl methyl sites for hydroxylation is 1. The summed E-state index contributed by atoms with van der Waals surface area (Å²) in [6, 6.07) is 3.48. The van der Waals surface area contributed by atoms with Crippen LogP contribution in [0.1, 0.15) is 35.8 Å². The summed E-state index contributed by atoms with van der Waals surface area (Å²) in [5.74, 6) is 1.62. The Labute approximate surface area is 211 Å². The van der Waals surface area contributed by atoms with Crippen molar-refractivity contribution in [3.05, 3.63) is 47.1 Å². The number of hydrogen-bond acceptors (Lipinski definition) is 9. The summed E-state index contributed by atoms with van der Waals surface area (Å²) in [6.45, 7) is 6.04. The Bertz CT molecular complexity index is 1410. The average Bonchev–Trinajstić information content (AvgIpc) is 3.25. The van der Waals surface area contributed by atoms with Crippen LogP contribution >= 0.6 is 22.9 Å². The Balaban J connectivity index is 1.44. The number of piperidine rings is 1. The zero-order valence-corrected chi connectivity index (χ0v) is 21.2. The number of ether oxygens (including phenoxy) is 1. The quantitative estimate of drug-likeness (QED) is 0.374. The Morgan fingerprint density at radius 3 is 2.83 bits per heavy atom. The van der Waals surface area contributed by atoms with Crippen molar-refractivity contribution < 1.29 is 9.53 Å². The van der Waals surface area contributed by atoms with Crippen LogP contribution in [0.5, 0.6) is 5.75 Å². The van der Waals surface area contributed by atoms with Crippen LogP contribution in [0.2, 0.25) is 5.15 Å². The third kappa shape index (κ3) is 4.89. The minimum absolute atomic E-state index is 0.295. The lowest BCUT2D eigenvalue weighted by Crippen LogP contribution is -2.34. The monoisotopic (exact) mass is 509 g/mol. The third-order valence-corrected chi connectivity index (χ3v) is 7.00. The zero-order valence-electron chi connectivity index (χ0n) is 19.6. The van der Waals surface area contributed by atoms with Gasteiger partial charge in [-0.25, -0.2) is 15.0 Å². The third-order valence-electron chi connectivity index (χ3n) is 5.94. The molecule has 0 bridgehead atoms. The molecule has 1 fully saturated rings. The Morgan fingerprint density at radius 1 is 1.17 bits per heavy atom. The number of nitrogens with zero attached hydrogens (tertiary/aromatic N) is 6. The van der Waals surface area contributed by atoms with Gasteiger partial charge < -0.3 is 9.64 Å². The maximum Gasteiger partial charge on any atom is 0.259 e. The molecule has 1 aliphatic heterocycles. The van der Waals surface area contributed by atoms with Crippen LogP contribution in [-0.4, -0.2) is 51.0 Å². The number of thiazole rings is 1. The SMILES string of the molecule is COc1cnc(Cl)cc1-c1cc(C)ncc1C(=O)Nc1nc2ncc(N3CCC[C@H](C)C3)nc2s1. The highest BCUT2D eigenvalue weighted by atomic mass is 35.5. The van der Waals surface area contributed by atoms with E-state index in [2.05, 4.69) is 37.1 Å². The average molecular weight is 510 g/mol. The van der Waals surface area contributed by atoms with Gasteiger partial charge in [0.2, 0.25) is 0 Å². The van der Waals surface area contributed by atoms with Gasteiger partial charge in [-0.2, -0.15) is 4.98 Å². The number of carbonyl (C=O) groups is 1. The highest BCUT2D eigenvalue weighted by molar-refractivity contribution is 7.21. The molecule has 0 aliphatic carbocycles. The molecule has 5 rings (SSSR count). The fraction of sp³-hybridized carbons (Fsp3) is 0.333. The predicted octanol–water partition coefficient (Wildman–Crippen LogP) is 5.00. The number of hydrogen-bond donors (Lipinski definition) is 1. The Kier molecular flexibility index (Phi) is 6.48. The fourth-order valence-electron chi connectivity index (χ4n) is 4.23. The number of methoxy groups -OCH3 is 1. The summed E-state index contributed by atoms with van der Waals surface area (Å²) in [6.07, 6.45) is 7.20. The van der Waals surface area contributed by atoms with Crippen LogP contribution < -0.4 is 15.0 Å². The number of amides is 1. The molecule has 11 heteroatoms. The molecule has 0 spiro atoms. The standard InChI is InChI=1S/C24H24ClN7O2S/c1-13-5-4-6-32(12-13)20-11-28-21-23(29-20)35-24(30-21)31-22(33)17-9-26-14(2)7-15(17)16-8-19(25)27-10-18(16)34-3/h7-11,13H,4-6,12H2,1-3H3,(H,28,30,31,33)/t13-/m0/s1. The minimum Gasteiger partial charge on any atom is -0.494 e. The first-order valence-corrected chi connectivity index (χ1v) is 12.5. The molecule has 4 aromatic rings. The van der Waals surface area contributed by atoms with Crippen LogP contribution in [0.15, 0.2) is 30.7 Å². The maximum absolute atomic E-state index is 13.3. The molecule has 180 valence electrons. The maximum atomic E-state index is 13.3. The van der Waals surface area contributed by atoms with E-state index in [9.17, 15) is 4.79 Å². The summed E-state index contributed by atoms with van der Waals surface area (Å²) in [4.78, 5) is 38.3. The molecule has 1 N–H and O–H groups in total. The van der Waals surface area contributed by atoms with Gasteiger partial charge >= 0.3 is 0 Å². The van der Waals surface area contributed by atoms with Gasteiger partial charge in [0, 0.05) is 36.1 Å². The second-order valence-electron chi connectivity index (χ2n) is 8.60. The van der Waals surface area contributed by atoms with Crippen molar-refractivity contribution in [1.29, 1.82) is 0 Å². The van der Waals surface area contributed by atoms with Gasteiger partial charge in [0.1, 0.15) is 16.7 Å². The minimum atomic E-state index is -0.355. The highest BCUT2D eigenvalue weighted by Crippen LogP contribution is 2.34. The van der Waals surface area contributed by atoms with Gasteiger partial charge in [0.25, 0.3) is 5.91 Å². The Hall–Kier alpha value is -3.37. The zero-order chi connectivity index (χ0) is 24.5. The summed E-state index contributed by atoms with van der Waals surface area (Å²) in [7, 11) is 1.54. The normalized spacial score (nSPS) is 15.9. The highest BCUT2D eigenvalue weighted by Gasteiger charge is 2.21. The first-order valence-electron chi connectivity index (χ1n) is 11.3. The van der Waals surface area contributed by atoms with Gasteiger partial charge in [-0.1, -0.05) is 29.9 Å². The lowest BCUT2D eigenvalue weighted by atomic mass is 10.0.